The smallest absolute Gasteiger partial charge is 0.0164 e. The molecule has 2 aliphatic rings. The number of benzene rings is 1. The zero-order valence-corrected chi connectivity index (χ0v) is 12.3. The summed E-state index contributed by atoms with van der Waals surface area (Å²) in [6, 6.07) is 12.0. The fraction of sp³-hybridized carbons (Fsp3) is 0.667. The van der Waals surface area contributed by atoms with E-state index in [-0.39, 0.29) is 0 Å². The van der Waals surface area contributed by atoms with Crippen LogP contribution in [0.15, 0.2) is 30.3 Å². The van der Waals surface area contributed by atoms with Gasteiger partial charge in [0.05, 0.1) is 0 Å². The summed E-state index contributed by atoms with van der Waals surface area (Å²) in [4.78, 5) is 2.77. The average Bonchev–Trinajstić information content (AvgIpc) is 2.99. The van der Waals surface area contributed by atoms with E-state index in [1.54, 1.807) is 5.56 Å². The molecule has 1 unspecified atom stereocenters. The van der Waals surface area contributed by atoms with E-state index >= 15 is 0 Å². The van der Waals surface area contributed by atoms with E-state index in [1.807, 2.05) is 0 Å². The molecule has 0 N–H and O–H groups in total. The Balaban J connectivity index is 1.87. The lowest BCUT2D eigenvalue weighted by Crippen LogP contribution is -2.49. The lowest BCUT2D eigenvalue weighted by atomic mass is 9.72. The van der Waals surface area contributed by atoms with Crippen LogP contribution in [0.1, 0.15) is 57.4 Å². The second-order valence-corrected chi connectivity index (χ2v) is 6.50. The van der Waals surface area contributed by atoms with Gasteiger partial charge in [-0.05, 0) is 51.3 Å². The van der Waals surface area contributed by atoms with Gasteiger partial charge >= 0.3 is 0 Å². The van der Waals surface area contributed by atoms with E-state index in [4.69, 9.17) is 0 Å². The minimum atomic E-state index is 0.429. The molecule has 1 heterocycles. The maximum absolute atomic E-state index is 2.77. The molecule has 0 amide bonds. The van der Waals surface area contributed by atoms with Crippen molar-refractivity contribution in [3.8, 4) is 0 Å². The molecule has 3 rings (SSSR count). The standard InChI is InChI=1S/C18H27N/c1-16(19-14-8-3-9-15-19)18(12-6-7-13-18)17-10-4-2-5-11-17/h2,4-5,10-11,16H,3,6-9,12-15H2,1H3. The Kier molecular flexibility index (Phi) is 3.93. The van der Waals surface area contributed by atoms with Crippen molar-refractivity contribution in [1.82, 2.24) is 4.90 Å². The number of hydrogen-bond acceptors (Lipinski definition) is 1. The van der Waals surface area contributed by atoms with Gasteiger partial charge in [-0.25, -0.2) is 0 Å². The minimum Gasteiger partial charge on any atom is -0.300 e. The second kappa shape index (κ2) is 5.66. The normalized spacial score (nSPS) is 25.3. The average molecular weight is 257 g/mol. The zero-order chi connectivity index (χ0) is 13.1. The van der Waals surface area contributed by atoms with E-state index in [2.05, 4.69) is 42.2 Å². The van der Waals surface area contributed by atoms with Crippen LogP contribution >= 0.6 is 0 Å². The van der Waals surface area contributed by atoms with Gasteiger partial charge in [-0.3, -0.25) is 4.90 Å². The predicted octanol–water partition coefficient (Wildman–Crippen LogP) is 4.37. The van der Waals surface area contributed by atoms with Crippen molar-refractivity contribution >= 4 is 0 Å². The first kappa shape index (κ1) is 13.2. The quantitative estimate of drug-likeness (QED) is 0.777. The Morgan fingerprint density at radius 3 is 2.16 bits per heavy atom. The summed E-state index contributed by atoms with van der Waals surface area (Å²) in [5.74, 6) is 0. The number of nitrogens with zero attached hydrogens (tertiary/aromatic N) is 1. The number of rotatable bonds is 3. The van der Waals surface area contributed by atoms with Gasteiger partial charge in [0.1, 0.15) is 0 Å². The predicted molar refractivity (Wildman–Crippen MR) is 81.5 cm³/mol. The second-order valence-electron chi connectivity index (χ2n) is 6.50. The molecule has 104 valence electrons. The fourth-order valence-corrected chi connectivity index (χ4v) is 4.38. The molecule has 1 aliphatic carbocycles. The molecule has 1 heteroatoms. The third kappa shape index (κ3) is 2.45. The fourth-order valence-electron chi connectivity index (χ4n) is 4.38. The van der Waals surface area contributed by atoms with Crippen molar-refractivity contribution in [2.75, 3.05) is 13.1 Å². The summed E-state index contributed by atoms with van der Waals surface area (Å²) in [6.45, 7) is 5.12. The molecule has 1 aliphatic heterocycles. The SMILES string of the molecule is CC(N1CCCCC1)C1(c2ccccc2)CCCC1. The summed E-state index contributed by atoms with van der Waals surface area (Å²) in [5, 5.41) is 0. The van der Waals surface area contributed by atoms with E-state index in [0.717, 1.165) is 0 Å². The van der Waals surface area contributed by atoms with Crippen LogP contribution in [0.4, 0.5) is 0 Å². The lowest BCUT2D eigenvalue weighted by molar-refractivity contribution is 0.108. The van der Waals surface area contributed by atoms with Gasteiger partial charge in [-0.15, -0.1) is 0 Å². The van der Waals surface area contributed by atoms with Crippen molar-refractivity contribution in [1.29, 1.82) is 0 Å². The van der Waals surface area contributed by atoms with Gasteiger partial charge in [-0.1, -0.05) is 49.6 Å². The Labute approximate surface area is 118 Å². The summed E-state index contributed by atoms with van der Waals surface area (Å²) < 4.78 is 0. The van der Waals surface area contributed by atoms with E-state index in [9.17, 15) is 0 Å². The minimum absolute atomic E-state index is 0.429. The highest BCUT2D eigenvalue weighted by Gasteiger charge is 2.42. The van der Waals surface area contributed by atoms with E-state index in [1.165, 1.54) is 58.0 Å². The van der Waals surface area contributed by atoms with Crippen LogP contribution in [-0.4, -0.2) is 24.0 Å². The van der Waals surface area contributed by atoms with Crippen LogP contribution < -0.4 is 0 Å². The van der Waals surface area contributed by atoms with Crippen molar-refractivity contribution in [3.63, 3.8) is 0 Å². The third-order valence-electron chi connectivity index (χ3n) is 5.58. The molecule has 0 spiro atoms. The van der Waals surface area contributed by atoms with Gasteiger partial charge in [0.2, 0.25) is 0 Å². The summed E-state index contributed by atoms with van der Waals surface area (Å²) >= 11 is 0. The molecule has 0 radical (unpaired) electrons. The molecule has 1 saturated carbocycles. The monoisotopic (exact) mass is 257 g/mol. The Morgan fingerprint density at radius 1 is 0.895 bits per heavy atom. The highest BCUT2D eigenvalue weighted by molar-refractivity contribution is 5.29. The Morgan fingerprint density at radius 2 is 1.53 bits per heavy atom. The number of piperidine rings is 1. The summed E-state index contributed by atoms with van der Waals surface area (Å²) in [7, 11) is 0. The van der Waals surface area contributed by atoms with E-state index in [0.29, 0.717) is 11.5 Å². The highest BCUT2D eigenvalue weighted by Crippen LogP contribution is 2.45. The van der Waals surface area contributed by atoms with Crippen LogP contribution in [0.2, 0.25) is 0 Å². The van der Waals surface area contributed by atoms with Crippen LogP contribution in [0, 0.1) is 0 Å². The molecule has 1 saturated heterocycles. The Bertz CT molecular complexity index is 385. The summed E-state index contributed by atoms with van der Waals surface area (Å²) in [6.07, 6.45) is 9.81. The Hall–Kier alpha value is -0.820. The van der Waals surface area contributed by atoms with Crippen LogP contribution in [0.25, 0.3) is 0 Å². The zero-order valence-electron chi connectivity index (χ0n) is 12.3. The van der Waals surface area contributed by atoms with Crippen LogP contribution in [-0.2, 0) is 5.41 Å². The molecule has 1 aromatic rings. The van der Waals surface area contributed by atoms with Gasteiger partial charge < -0.3 is 0 Å². The van der Waals surface area contributed by atoms with Gasteiger partial charge in [-0.2, -0.15) is 0 Å². The maximum atomic E-state index is 2.77. The van der Waals surface area contributed by atoms with Crippen LogP contribution in [0.5, 0.6) is 0 Å². The van der Waals surface area contributed by atoms with Crippen molar-refractivity contribution in [2.45, 2.75) is 63.3 Å². The van der Waals surface area contributed by atoms with Crippen LogP contribution in [0.3, 0.4) is 0 Å². The van der Waals surface area contributed by atoms with Crippen molar-refractivity contribution < 1.29 is 0 Å². The first-order valence-electron chi connectivity index (χ1n) is 8.12. The van der Waals surface area contributed by atoms with E-state index < -0.39 is 0 Å². The molecule has 0 aromatic heterocycles. The van der Waals surface area contributed by atoms with Gasteiger partial charge in [0.15, 0.2) is 0 Å². The molecule has 2 fully saturated rings. The number of hydrogen-bond donors (Lipinski definition) is 0. The maximum Gasteiger partial charge on any atom is 0.0164 e. The third-order valence-corrected chi connectivity index (χ3v) is 5.58. The van der Waals surface area contributed by atoms with Crippen molar-refractivity contribution in [3.05, 3.63) is 35.9 Å². The lowest BCUT2D eigenvalue weighted by Gasteiger charge is -2.44. The molecule has 0 bridgehead atoms. The van der Waals surface area contributed by atoms with Gasteiger partial charge in [0.25, 0.3) is 0 Å². The number of likely N-dealkylation sites (tertiary alicyclic amines) is 1. The highest BCUT2D eigenvalue weighted by atomic mass is 15.2. The molecule has 1 aromatic carbocycles. The first-order chi connectivity index (χ1) is 9.33. The molecular weight excluding hydrogens is 230 g/mol. The molecule has 19 heavy (non-hydrogen) atoms. The largest absolute Gasteiger partial charge is 0.300 e. The topological polar surface area (TPSA) is 3.24 Å². The molecular formula is C18H27N. The van der Waals surface area contributed by atoms with Crippen molar-refractivity contribution in [2.24, 2.45) is 0 Å². The summed E-state index contributed by atoms with van der Waals surface area (Å²) in [5.41, 5.74) is 2.02. The first-order valence-corrected chi connectivity index (χ1v) is 8.12. The molecule has 1 atom stereocenters. The van der Waals surface area contributed by atoms with Gasteiger partial charge in [0, 0.05) is 11.5 Å². The molecule has 1 nitrogen and oxygen atoms in total.